The highest BCUT2D eigenvalue weighted by molar-refractivity contribution is 7.22. The average Bonchev–Trinajstić information content (AvgIpc) is 3.58. The number of thiophene rings is 2. The van der Waals surface area contributed by atoms with Crippen LogP contribution in [0.1, 0.15) is 32.6 Å². The molecule has 0 saturated carbocycles. The van der Waals surface area contributed by atoms with E-state index >= 15 is 0 Å². The SMILES string of the molecule is CCOc1cc(/C=C2/N=C(c3sc4cc(C)ccc4c3Cl)OC2=O)ccc1OC(=O)c1sc2ccccc2c1Cl. The fourth-order valence-corrected chi connectivity index (χ4v) is 7.15. The molecule has 1 aliphatic rings. The first-order valence-electron chi connectivity index (χ1n) is 12.2. The number of fused-ring (bicyclic) bond motifs is 2. The molecule has 0 spiro atoms. The summed E-state index contributed by atoms with van der Waals surface area (Å²) in [7, 11) is 0. The summed E-state index contributed by atoms with van der Waals surface area (Å²) in [5.41, 5.74) is 1.83. The minimum atomic E-state index is -0.590. The average molecular weight is 609 g/mol. The third-order valence-electron chi connectivity index (χ3n) is 6.09. The lowest BCUT2D eigenvalue weighted by Gasteiger charge is -2.11. The van der Waals surface area contributed by atoms with Crippen molar-refractivity contribution in [2.24, 2.45) is 4.99 Å². The van der Waals surface area contributed by atoms with Gasteiger partial charge in [0.25, 0.3) is 0 Å². The Kier molecular flexibility index (Phi) is 7.10. The van der Waals surface area contributed by atoms with Gasteiger partial charge in [-0.15, -0.1) is 22.7 Å². The van der Waals surface area contributed by atoms with Gasteiger partial charge in [0, 0.05) is 20.2 Å². The molecule has 2 aromatic heterocycles. The highest BCUT2D eigenvalue weighted by Crippen LogP contribution is 2.39. The second-order valence-electron chi connectivity index (χ2n) is 8.85. The van der Waals surface area contributed by atoms with Crippen molar-refractivity contribution in [3.8, 4) is 11.5 Å². The van der Waals surface area contributed by atoms with Gasteiger partial charge in [-0.05, 0) is 55.3 Å². The molecule has 0 unspecified atom stereocenters. The van der Waals surface area contributed by atoms with Crippen molar-refractivity contribution in [2.75, 3.05) is 6.61 Å². The maximum atomic E-state index is 13.0. The molecule has 40 heavy (non-hydrogen) atoms. The van der Waals surface area contributed by atoms with Gasteiger partial charge in [-0.1, -0.05) is 59.6 Å². The smallest absolute Gasteiger partial charge is 0.363 e. The van der Waals surface area contributed by atoms with E-state index in [9.17, 15) is 9.59 Å². The Morgan fingerprint density at radius 3 is 2.58 bits per heavy atom. The normalized spacial score (nSPS) is 14.2. The van der Waals surface area contributed by atoms with Crippen LogP contribution >= 0.6 is 45.9 Å². The number of ether oxygens (including phenoxy) is 3. The fourth-order valence-electron chi connectivity index (χ4n) is 4.23. The van der Waals surface area contributed by atoms with Gasteiger partial charge in [0.15, 0.2) is 17.2 Å². The van der Waals surface area contributed by atoms with Gasteiger partial charge < -0.3 is 14.2 Å². The molecule has 0 bridgehead atoms. The molecule has 10 heteroatoms. The number of benzene rings is 3. The molecule has 6 nitrogen and oxygen atoms in total. The lowest BCUT2D eigenvalue weighted by Crippen LogP contribution is -2.08. The number of hydrogen-bond acceptors (Lipinski definition) is 8. The van der Waals surface area contributed by atoms with E-state index in [0.29, 0.717) is 37.7 Å². The van der Waals surface area contributed by atoms with Crippen molar-refractivity contribution in [1.29, 1.82) is 0 Å². The van der Waals surface area contributed by atoms with Gasteiger partial charge in [-0.25, -0.2) is 14.6 Å². The van der Waals surface area contributed by atoms with Crippen LogP contribution in [-0.2, 0) is 9.53 Å². The van der Waals surface area contributed by atoms with Crippen LogP contribution in [0.15, 0.2) is 71.4 Å². The summed E-state index contributed by atoms with van der Waals surface area (Å²) in [6.45, 7) is 4.16. The van der Waals surface area contributed by atoms with Crippen LogP contribution in [0.25, 0.3) is 26.2 Å². The molecule has 3 aromatic carbocycles. The summed E-state index contributed by atoms with van der Waals surface area (Å²) >= 11 is 15.7. The van der Waals surface area contributed by atoms with Crippen LogP contribution in [0.4, 0.5) is 0 Å². The molecule has 0 N–H and O–H groups in total. The van der Waals surface area contributed by atoms with E-state index in [4.69, 9.17) is 37.4 Å². The number of nitrogens with zero attached hydrogens (tertiary/aromatic N) is 1. The van der Waals surface area contributed by atoms with Crippen LogP contribution in [0.5, 0.6) is 11.5 Å². The van der Waals surface area contributed by atoms with Crippen LogP contribution < -0.4 is 9.47 Å². The van der Waals surface area contributed by atoms with Gasteiger partial charge in [-0.2, -0.15) is 0 Å². The largest absolute Gasteiger partial charge is 0.490 e. The van der Waals surface area contributed by atoms with Crippen LogP contribution in [-0.4, -0.2) is 24.4 Å². The Morgan fingerprint density at radius 2 is 1.77 bits per heavy atom. The van der Waals surface area contributed by atoms with E-state index < -0.39 is 11.9 Å². The number of rotatable bonds is 6. The summed E-state index contributed by atoms with van der Waals surface area (Å²) in [6.07, 6.45) is 1.58. The summed E-state index contributed by atoms with van der Waals surface area (Å²) < 4.78 is 18.8. The molecule has 1 aliphatic heterocycles. The van der Waals surface area contributed by atoms with Crippen LogP contribution in [0.3, 0.4) is 0 Å². The fraction of sp³-hybridized carbons (Fsp3) is 0.100. The number of aryl methyl sites for hydroxylation is 1. The second-order valence-corrected chi connectivity index (χ2v) is 11.7. The maximum absolute atomic E-state index is 13.0. The number of hydrogen-bond donors (Lipinski definition) is 0. The third kappa shape index (κ3) is 4.88. The summed E-state index contributed by atoms with van der Waals surface area (Å²) in [5, 5.41) is 2.53. The second kappa shape index (κ2) is 10.7. The third-order valence-corrected chi connectivity index (χ3v) is 9.39. The van der Waals surface area contributed by atoms with E-state index in [1.807, 2.05) is 56.3 Å². The molecule has 0 atom stereocenters. The number of carbonyl (C=O) groups excluding carboxylic acids is 2. The number of cyclic esters (lactones) is 1. The highest BCUT2D eigenvalue weighted by atomic mass is 35.5. The molecule has 0 fully saturated rings. The number of carbonyl (C=O) groups is 2. The Morgan fingerprint density at radius 1 is 0.975 bits per heavy atom. The lowest BCUT2D eigenvalue weighted by molar-refractivity contribution is -0.129. The van der Waals surface area contributed by atoms with Crippen molar-refractivity contribution < 1.29 is 23.8 Å². The van der Waals surface area contributed by atoms with Crippen molar-refractivity contribution in [1.82, 2.24) is 0 Å². The van der Waals surface area contributed by atoms with E-state index in [1.165, 1.54) is 22.7 Å². The quantitative estimate of drug-likeness (QED) is 0.110. The van der Waals surface area contributed by atoms with Crippen LogP contribution in [0, 0.1) is 6.92 Å². The first kappa shape index (κ1) is 26.5. The summed E-state index contributed by atoms with van der Waals surface area (Å²) in [6, 6.07) is 18.4. The zero-order valence-electron chi connectivity index (χ0n) is 21.1. The summed E-state index contributed by atoms with van der Waals surface area (Å²) in [5.74, 6) is -0.445. The molecule has 0 amide bonds. The zero-order valence-corrected chi connectivity index (χ0v) is 24.3. The Balaban J connectivity index is 1.29. The first-order chi connectivity index (χ1) is 19.3. The number of aliphatic imine (C=N–C) groups is 1. The Hall–Kier alpha value is -3.69. The van der Waals surface area contributed by atoms with Gasteiger partial charge in [0.05, 0.1) is 16.7 Å². The molecular weight excluding hydrogens is 589 g/mol. The van der Waals surface area contributed by atoms with E-state index in [2.05, 4.69) is 4.99 Å². The molecule has 0 aliphatic carbocycles. The predicted molar refractivity (Wildman–Crippen MR) is 162 cm³/mol. The van der Waals surface area contributed by atoms with Crippen molar-refractivity contribution in [3.63, 3.8) is 0 Å². The molecule has 200 valence electrons. The monoisotopic (exact) mass is 607 g/mol. The van der Waals surface area contributed by atoms with E-state index in [0.717, 1.165) is 25.7 Å². The molecule has 3 heterocycles. The Bertz CT molecular complexity index is 1900. The zero-order chi connectivity index (χ0) is 28.0. The van der Waals surface area contributed by atoms with Gasteiger partial charge in [0.1, 0.15) is 9.75 Å². The predicted octanol–water partition coefficient (Wildman–Crippen LogP) is 8.69. The summed E-state index contributed by atoms with van der Waals surface area (Å²) in [4.78, 5) is 31.0. The molecule has 0 saturated heterocycles. The van der Waals surface area contributed by atoms with Crippen molar-refractivity contribution in [2.45, 2.75) is 13.8 Å². The lowest BCUT2D eigenvalue weighted by atomic mass is 10.1. The minimum Gasteiger partial charge on any atom is -0.490 e. The highest BCUT2D eigenvalue weighted by Gasteiger charge is 2.28. The van der Waals surface area contributed by atoms with Crippen molar-refractivity contribution >= 4 is 90.0 Å². The van der Waals surface area contributed by atoms with E-state index in [-0.39, 0.29) is 17.3 Å². The molecule has 0 radical (unpaired) electrons. The molecule has 5 aromatic rings. The topological polar surface area (TPSA) is 74.2 Å². The van der Waals surface area contributed by atoms with Crippen molar-refractivity contribution in [3.05, 3.63) is 97.3 Å². The van der Waals surface area contributed by atoms with Gasteiger partial charge in [0.2, 0.25) is 5.90 Å². The molecular formula is C30H19Cl2NO5S2. The van der Waals surface area contributed by atoms with Gasteiger partial charge in [-0.3, -0.25) is 0 Å². The standard InChI is InChI=1S/C30H19Cl2NO5S2/c1-3-36-21-14-16(9-11-20(21)37-30(35)27-25(32)17-6-4-5-7-22(17)39-27)13-19-29(34)38-28(33-19)26-24(31)18-10-8-15(2)12-23(18)40-26/h4-14H,3H2,1-2H3/b19-13+. The maximum Gasteiger partial charge on any atom is 0.363 e. The van der Waals surface area contributed by atoms with Crippen LogP contribution in [0.2, 0.25) is 10.0 Å². The Labute approximate surface area is 247 Å². The van der Waals surface area contributed by atoms with E-state index in [1.54, 1.807) is 24.3 Å². The minimum absolute atomic E-state index is 0.115. The molecule has 6 rings (SSSR count). The number of esters is 2. The number of halogens is 2. The van der Waals surface area contributed by atoms with Gasteiger partial charge >= 0.3 is 11.9 Å². The first-order valence-corrected chi connectivity index (χ1v) is 14.6.